The van der Waals surface area contributed by atoms with Gasteiger partial charge in [-0.3, -0.25) is 4.79 Å². The van der Waals surface area contributed by atoms with E-state index < -0.39 is 5.91 Å². The first kappa shape index (κ1) is 13.7. The van der Waals surface area contributed by atoms with Gasteiger partial charge in [-0.25, -0.2) is 0 Å². The van der Waals surface area contributed by atoms with E-state index in [0.29, 0.717) is 0 Å². The Labute approximate surface area is 92.6 Å². The molecule has 0 bridgehead atoms. The third kappa shape index (κ3) is 12.7. The molecule has 0 unspecified atom stereocenters. The summed E-state index contributed by atoms with van der Waals surface area (Å²) in [5, 5.41) is 0. The lowest BCUT2D eigenvalue weighted by atomic mass is 10.1. The van der Waals surface area contributed by atoms with E-state index in [4.69, 9.17) is 5.73 Å². The van der Waals surface area contributed by atoms with Crippen LogP contribution in [0.1, 0.15) is 39.0 Å². The zero-order valence-electron chi connectivity index (χ0n) is 9.49. The first-order chi connectivity index (χ1) is 7.27. The van der Waals surface area contributed by atoms with Gasteiger partial charge in [0.2, 0.25) is 5.91 Å². The van der Waals surface area contributed by atoms with Crippen LogP contribution in [-0.4, -0.2) is 5.91 Å². The number of hydrogen-bond donors (Lipinski definition) is 1. The topological polar surface area (TPSA) is 43.1 Å². The number of carbonyl (C=O) groups is 1. The van der Waals surface area contributed by atoms with Crippen LogP contribution in [0.5, 0.6) is 0 Å². The average Bonchev–Trinajstić information content (AvgIpc) is 2.20. The van der Waals surface area contributed by atoms with Gasteiger partial charge in [-0.2, -0.15) is 0 Å². The summed E-state index contributed by atoms with van der Waals surface area (Å²) in [4.78, 5) is 10.3. The second-order valence-electron chi connectivity index (χ2n) is 3.42. The van der Waals surface area contributed by atoms with Crippen LogP contribution in [0.4, 0.5) is 0 Å². The van der Waals surface area contributed by atoms with Gasteiger partial charge in [0.1, 0.15) is 0 Å². The van der Waals surface area contributed by atoms with Crippen molar-refractivity contribution >= 4 is 5.91 Å². The summed E-state index contributed by atoms with van der Waals surface area (Å²) in [5.41, 5.74) is 4.92. The Morgan fingerprint density at radius 3 is 2.47 bits per heavy atom. The molecular weight excluding hydrogens is 186 g/mol. The van der Waals surface area contributed by atoms with Crippen LogP contribution in [-0.2, 0) is 4.79 Å². The standard InChI is InChI=1S/C13H21NO/c1-2-3-4-5-6-7-8-9-10-11-12-13(14)15/h7-12H,2-6H2,1H3,(H2,14,15). The van der Waals surface area contributed by atoms with Gasteiger partial charge in [0.25, 0.3) is 0 Å². The maximum atomic E-state index is 10.3. The van der Waals surface area contributed by atoms with Gasteiger partial charge in [0.15, 0.2) is 0 Å². The van der Waals surface area contributed by atoms with Crippen LogP contribution in [0, 0.1) is 0 Å². The Bertz CT molecular complexity index is 239. The fourth-order valence-electron chi connectivity index (χ4n) is 1.14. The monoisotopic (exact) mass is 207 g/mol. The Balaban J connectivity index is 3.41. The minimum atomic E-state index is -0.414. The SMILES string of the molecule is CCCCCCC=CC=CC=CC(N)=O. The summed E-state index contributed by atoms with van der Waals surface area (Å²) in [6.07, 6.45) is 17.1. The lowest BCUT2D eigenvalue weighted by Gasteiger charge is -1.92. The molecule has 0 aromatic heterocycles. The van der Waals surface area contributed by atoms with E-state index in [9.17, 15) is 4.79 Å². The molecule has 0 aromatic carbocycles. The average molecular weight is 207 g/mol. The molecule has 0 saturated carbocycles. The van der Waals surface area contributed by atoms with Crippen LogP contribution in [0.2, 0.25) is 0 Å². The van der Waals surface area contributed by atoms with E-state index in [-0.39, 0.29) is 0 Å². The van der Waals surface area contributed by atoms with Crippen molar-refractivity contribution in [1.29, 1.82) is 0 Å². The zero-order chi connectivity index (χ0) is 11.4. The Kier molecular flexibility index (Phi) is 9.83. The largest absolute Gasteiger partial charge is 0.366 e. The molecule has 2 nitrogen and oxygen atoms in total. The van der Waals surface area contributed by atoms with Crippen molar-refractivity contribution < 1.29 is 4.79 Å². The van der Waals surface area contributed by atoms with Crippen molar-refractivity contribution in [1.82, 2.24) is 0 Å². The zero-order valence-corrected chi connectivity index (χ0v) is 9.49. The first-order valence-corrected chi connectivity index (χ1v) is 5.56. The molecule has 0 aliphatic rings. The van der Waals surface area contributed by atoms with Crippen molar-refractivity contribution in [2.24, 2.45) is 5.73 Å². The number of carbonyl (C=O) groups excluding carboxylic acids is 1. The van der Waals surface area contributed by atoms with Gasteiger partial charge >= 0.3 is 0 Å². The van der Waals surface area contributed by atoms with Gasteiger partial charge in [-0.05, 0) is 12.8 Å². The predicted octanol–water partition coefficient (Wildman–Crippen LogP) is 3.11. The summed E-state index contributed by atoms with van der Waals surface area (Å²) in [7, 11) is 0. The Hall–Kier alpha value is -1.31. The Morgan fingerprint density at radius 2 is 1.80 bits per heavy atom. The van der Waals surface area contributed by atoms with Crippen LogP contribution in [0.3, 0.4) is 0 Å². The molecule has 0 rings (SSSR count). The molecule has 1 amide bonds. The molecular formula is C13H21NO. The summed E-state index contributed by atoms with van der Waals surface area (Å²) >= 11 is 0. The highest BCUT2D eigenvalue weighted by molar-refractivity contribution is 5.85. The lowest BCUT2D eigenvalue weighted by Crippen LogP contribution is -2.04. The van der Waals surface area contributed by atoms with E-state index in [2.05, 4.69) is 13.0 Å². The van der Waals surface area contributed by atoms with Gasteiger partial charge < -0.3 is 5.73 Å². The molecule has 84 valence electrons. The minimum absolute atomic E-state index is 0.414. The van der Waals surface area contributed by atoms with Crippen LogP contribution < -0.4 is 5.73 Å². The van der Waals surface area contributed by atoms with Crippen LogP contribution in [0.15, 0.2) is 36.5 Å². The summed E-state index contributed by atoms with van der Waals surface area (Å²) in [5.74, 6) is -0.414. The summed E-state index contributed by atoms with van der Waals surface area (Å²) < 4.78 is 0. The second-order valence-corrected chi connectivity index (χ2v) is 3.42. The third-order valence-electron chi connectivity index (χ3n) is 1.95. The van der Waals surface area contributed by atoms with Gasteiger partial charge in [0, 0.05) is 6.08 Å². The predicted molar refractivity (Wildman–Crippen MR) is 65.4 cm³/mol. The fraction of sp³-hybridized carbons (Fsp3) is 0.462. The number of amides is 1. The van der Waals surface area contributed by atoms with Gasteiger partial charge in [0.05, 0.1) is 0 Å². The maximum Gasteiger partial charge on any atom is 0.241 e. The second kappa shape index (κ2) is 10.8. The van der Waals surface area contributed by atoms with Crippen molar-refractivity contribution in [3.05, 3.63) is 36.5 Å². The normalized spacial score (nSPS) is 12.1. The maximum absolute atomic E-state index is 10.3. The third-order valence-corrected chi connectivity index (χ3v) is 1.95. The molecule has 2 N–H and O–H groups in total. The number of rotatable bonds is 8. The van der Waals surface area contributed by atoms with Crippen molar-refractivity contribution in [2.45, 2.75) is 39.0 Å². The minimum Gasteiger partial charge on any atom is -0.366 e. The molecule has 0 aromatic rings. The molecule has 0 spiro atoms. The number of allylic oxidation sites excluding steroid dienone is 5. The van der Waals surface area contributed by atoms with Crippen LogP contribution >= 0.6 is 0 Å². The van der Waals surface area contributed by atoms with E-state index in [1.165, 1.54) is 31.8 Å². The van der Waals surface area contributed by atoms with Crippen molar-refractivity contribution in [2.75, 3.05) is 0 Å². The molecule has 2 heteroatoms. The van der Waals surface area contributed by atoms with E-state index in [1.54, 1.807) is 12.2 Å². The molecule has 0 radical (unpaired) electrons. The highest BCUT2D eigenvalue weighted by Gasteiger charge is 1.83. The number of primary amides is 1. The highest BCUT2D eigenvalue weighted by atomic mass is 16.1. The quantitative estimate of drug-likeness (QED) is 0.371. The molecule has 0 fully saturated rings. The molecule has 0 atom stereocenters. The van der Waals surface area contributed by atoms with E-state index >= 15 is 0 Å². The number of hydrogen-bond acceptors (Lipinski definition) is 1. The number of unbranched alkanes of at least 4 members (excludes halogenated alkanes) is 4. The Morgan fingerprint density at radius 1 is 1.07 bits per heavy atom. The number of nitrogens with two attached hydrogens (primary N) is 1. The molecule has 0 aliphatic carbocycles. The summed E-state index contributed by atoms with van der Waals surface area (Å²) in [6.45, 7) is 2.21. The first-order valence-electron chi connectivity index (χ1n) is 5.56. The van der Waals surface area contributed by atoms with Gasteiger partial charge in [-0.15, -0.1) is 0 Å². The smallest absolute Gasteiger partial charge is 0.241 e. The summed E-state index contributed by atoms with van der Waals surface area (Å²) in [6, 6.07) is 0. The van der Waals surface area contributed by atoms with Crippen molar-refractivity contribution in [3.63, 3.8) is 0 Å². The fourth-order valence-corrected chi connectivity index (χ4v) is 1.14. The van der Waals surface area contributed by atoms with E-state index in [0.717, 1.165) is 6.42 Å². The van der Waals surface area contributed by atoms with Crippen molar-refractivity contribution in [3.8, 4) is 0 Å². The van der Waals surface area contributed by atoms with E-state index in [1.807, 2.05) is 12.2 Å². The molecule has 15 heavy (non-hydrogen) atoms. The highest BCUT2D eigenvalue weighted by Crippen LogP contribution is 2.02. The molecule has 0 heterocycles. The lowest BCUT2D eigenvalue weighted by molar-refractivity contribution is -0.113. The molecule has 0 saturated heterocycles. The molecule has 0 aliphatic heterocycles. The van der Waals surface area contributed by atoms with Crippen LogP contribution in [0.25, 0.3) is 0 Å². The van der Waals surface area contributed by atoms with Gasteiger partial charge in [-0.1, -0.05) is 56.6 Å².